The zero-order chi connectivity index (χ0) is 45.9. The van der Waals surface area contributed by atoms with Gasteiger partial charge >= 0.3 is 0 Å². The number of nitrogens with zero attached hydrogens (tertiary/aromatic N) is 9. The lowest BCUT2D eigenvalue weighted by atomic mass is 10.1. The third kappa shape index (κ3) is 5.43. The minimum absolute atomic E-state index is 0.427. The van der Waals surface area contributed by atoms with Gasteiger partial charge in [-0.2, -0.15) is 15.0 Å². The minimum Gasteiger partial charge on any atom is -0.455 e. The van der Waals surface area contributed by atoms with Crippen molar-refractivity contribution in [1.82, 2.24) is 42.9 Å². The van der Waals surface area contributed by atoms with Crippen molar-refractivity contribution < 1.29 is 4.42 Å². The van der Waals surface area contributed by atoms with Crippen LogP contribution < -0.4 is 0 Å². The van der Waals surface area contributed by atoms with Crippen LogP contribution in [0.5, 0.6) is 0 Å². The average molecular weight is 920 g/mol. The molecule has 0 amide bonds. The first-order valence-corrected chi connectivity index (χ1v) is 24.8. The molecule has 0 aliphatic heterocycles. The molecule has 0 N–H and O–H groups in total. The van der Waals surface area contributed by atoms with Crippen molar-refractivity contribution >= 4 is 87.7 Å². The molecule has 0 saturated heterocycles. The lowest BCUT2D eigenvalue weighted by Crippen LogP contribution is -2.11. The molecule has 0 aliphatic carbocycles. The largest absolute Gasteiger partial charge is 0.455 e. The van der Waals surface area contributed by atoms with E-state index in [1.165, 1.54) is 9.79 Å². The second-order valence-electron chi connectivity index (χ2n) is 17.4. The molecule has 0 aliphatic rings. The number of hydrogen-bond acceptors (Lipinski definition) is 6. The Bertz CT molecular complexity index is 4360. The standard InChI is InChI=1S/C59H37N9OS/c1-3-20-39(21-4-1)70(40-22-5-2-6-23-40,53-36-18-26-43-42-25-7-16-35-52(42)69-54(43)53)41-24-17-19-38(37-41)55-62-56(67-50-33-14-12-31-48(50)65-46-29-10-8-27-44(46)60-58(65)67)64-57(63-55)68-51-34-15-13-32-49(51)66-47-30-11-9-28-45(47)61-59(66)68/h1-37H. The predicted molar refractivity (Wildman–Crippen MR) is 279 cm³/mol. The summed E-state index contributed by atoms with van der Waals surface area (Å²) in [6.45, 7) is 0. The van der Waals surface area contributed by atoms with Crippen molar-refractivity contribution in [2.24, 2.45) is 0 Å². The van der Waals surface area contributed by atoms with Crippen LogP contribution in [0.4, 0.5) is 0 Å². The van der Waals surface area contributed by atoms with Crippen LogP contribution in [-0.4, -0.2) is 42.9 Å². The molecule has 330 valence electrons. The summed E-state index contributed by atoms with van der Waals surface area (Å²) in [4.78, 5) is 31.4. The number of aromatic nitrogens is 9. The van der Waals surface area contributed by atoms with Gasteiger partial charge in [-0.15, -0.1) is 10.0 Å². The molecule has 0 unspecified atom stereocenters. The molecular formula is C59H37N9OS. The van der Waals surface area contributed by atoms with Crippen LogP contribution in [0.2, 0.25) is 0 Å². The number of imidazole rings is 4. The highest BCUT2D eigenvalue weighted by atomic mass is 32.3. The maximum atomic E-state index is 6.93. The normalized spacial score (nSPS) is 12.5. The van der Waals surface area contributed by atoms with E-state index in [1.54, 1.807) is 0 Å². The number of rotatable bonds is 7. The summed E-state index contributed by atoms with van der Waals surface area (Å²) in [5, 5.41) is 2.16. The first-order valence-electron chi connectivity index (χ1n) is 23.2. The topological polar surface area (TPSA) is 96.3 Å². The molecule has 11 heteroatoms. The van der Waals surface area contributed by atoms with Crippen molar-refractivity contribution in [2.45, 2.75) is 19.6 Å². The first-order chi connectivity index (χ1) is 34.7. The van der Waals surface area contributed by atoms with Gasteiger partial charge in [-0.3, -0.25) is 8.80 Å². The van der Waals surface area contributed by atoms with Gasteiger partial charge in [0.05, 0.1) is 44.1 Å². The summed E-state index contributed by atoms with van der Waals surface area (Å²) < 4.78 is 15.4. The van der Waals surface area contributed by atoms with E-state index < -0.39 is 10.0 Å². The fourth-order valence-corrected chi connectivity index (χ4v) is 14.6. The summed E-state index contributed by atoms with van der Waals surface area (Å²) in [5.74, 6) is 2.75. The Morgan fingerprint density at radius 2 is 0.829 bits per heavy atom. The Morgan fingerprint density at radius 3 is 1.43 bits per heavy atom. The van der Waals surface area contributed by atoms with Gasteiger partial charge in [0.15, 0.2) is 5.82 Å². The number of para-hydroxylation sites is 10. The highest BCUT2D eigenvalue weighted by Crippen LogP contribution is 2.75. The van der Waals surface area contributed by atoms with E-state index in [4.69, 9.17) is 29.3 Å². The molecule has 6 heterocycles. The molecule has 0 saturated carbocycles. The summed E-state index contributed by atoms with van der Waals surface area (Å²) in [6.07, 6.45) is 0. The zero-order valence-corrected chi connectivity index (χ0v) is 38.0. The second kappa shape index (κ2) is 14.8. The maximum absolute atomic E-state index is 6.93. The minimum atomic E-state index is -2.27. The zero-order valence-electron chi connectivity index (χ0n) is 37.2. The fourth-order valence-electron chi connectivity index (χ4n) is 10.6. The first kappa shape index (κ1) is 38.8. The van der Waals surface area contributed by atoms with E-state index in [0.29, 0.717) is 29.3 Å². The Balaban J connectivity index is 1.05. The van der Waals surface area contributed by atoms with E-state index in [-0.39, 0.29) is 0 Å². The molecule has 0 atom stereocenters. The van der Waals surface area contributed by atoms with E-state index in [2.05, 4.69) is 188 Å². The van der Waals surface area contributed by atoms with E-state index in [0.717, 1.165) is 81.4 Å². The molecule has 6 aromatic heterocycles. The van der Waals surface area contributed by atoms with Crippen LogP contribution in [0.1, 0.15) is 0 Å². The molecule has 70 heavy (non-hydrogen) atoms. The molecule has 10 nitrogen and oxygen atoms in total. The van der Waals surface area contributed by atoms with Crippen LogP contribution in [0.25, 0.3) is 101 Å². The molecule has 9 aromatic carbocycles. The van der Waals surface area contributed by atoms with Crippen LogP contribution in [-0.2, 0) is 0 Å². The van der Waals surface area contributed by atoms with Gasteiger partial charge < -0.3 is 4.42 Å². The Morgan fingerprint density at radius 1 is 0.357 bits per heavy atom. The van der Waals surface area contributed by atoms with Crippen molar-refractivity contribution in [1.29, 1.82) is 0 Å². The molecule has 15 rings (SSSR count). The van der Waals surface area contributed by atoms with Crippen LogP contribution in [0.15, 0.2) is 248 Å². The summed E-state index contributed by atoms with van der Waals surface area (Å²) in [6, 6.07) is 78.5. The van der Waals surface area contributed by atoms with Crippen molar-refractivity contribution in [2.75, 3.05) is 0 Å². The third-order valence-corrected chi connectivity index (χ3v) is 17.5. The molecular weight excluding hydrogens is 883 g/mol. The average Bonchev–Trinajstić information content (AvgIpc) is 4.24. The molecule has 15 aromatic rings. The SMILES string of the molecule is c1ccc(S(c2ccccc2)(c2cccc(-c3nc(-n4c5ccccc5n5c6ccccc6nc45)nc(-n4c5ccccc5n5c6ccccc6nc45)n3)c2)c2cccc3c2oc2ccccc23)cc1. The van der Waals surface area contributed by atoms with E-state index >= 15 is 0 Å². The highest BCUT2D eigenvalue weighted by molar-refractivity contribution is 8.34. The summed E-state index contributed by atoms with van der Waals surface area (Å²) >= 11 is 0. The quantitative estimate of drug-likeness (QED) is 0.158. The lowest BCUT2D eigenvalue weighted by molar-refractivity contribution is 0.659. The van der Waals surface area contributed by atoms with Gasteiger partial charge in [0.1, 0.15) is 11.2 Å². The summed E-state index contributed by atoms with van der Waals surface area (Å²) in [7, 11) is -2.27. The predicted octanol–water partition coefficient (Wildman–Crippen LogP) is 14.3. The van der Waals surface area contributed by atoms with Gasteiger partial charge in [0.2, 0.25) is 23.5 Å². The van der Waals surface area contributed by atoms with Crippen LogP contribution in [0, 0.1) is 0 Å². The number of furan rings is 1. The van der Waals surface area contributed by atoms with Gasteiger partial charge in [0, 0.05) is 35.9 Å². The number of fused-ring (bicyclic) bond motifs is 13. The summed E-state index contributed by atoms with van der Waals surface area (Å²) in [5.41, 5.74) is 10.1. The fraction of sp³-hybridized carbons (Fsp3) is 0. The van der Waals surface area contributed by atoms with Crippen molar-refractivity contribution in [3.63, 3.8) is 0 Å². The van der Waals surface area contributed by atoms with Crippen LogP contribution in [0.3, 0.4) is 0 Å². The van der Waals surface area contributed by atoms with Crippen molar-refractivity contribution in [3.8, 4) is 23.3 Å². The third-order valence-electron chi connectivity index (χ3n) is 13.6. The van der Waals surface area contributed by atoms with Gasteiger partial charge in [-0.05, 0) is 97.1 Å². The smallest absolute Gasteiger partial charge is 0.242 e. The number of benzene rings is 9. The molecule has 0 bridgehead atoms. The molecule has 0 radical (unpaired) electrons. The second-order valence-corrected chi connectivity index (χ2v) is 20.5. The van der Waals surface area contributed by atoms with Crippen LogP contribution >= 0.6 is 10.0 Å². The van der Waals surface area contributed by atoms with Gasteiger partial charge in [0.25, 0.3) is 0 Å². The van der Waals surface area contributed by atoms with Gasteiger partial charge in [-0.25, -0.2) is 19.1 Å². The Labute approximate surface area is 400 Å². The van der Waals surface area contributed by atoms with Crippen molar-refractivity contribution in [3.05, 3.63) is 224 Å². The van der Waals surface area contributed by atoms with E-state index in [1.807, 2.05) is 54.6 Å². The molecule has 0 spiro atoms. The Kier molecular flexibility index (Phi) is 8.21. The maximum Gasteiger partial charge on any atom is 0.242 e. The van der Waals surface area contributed by atoms with E-state index in [9.17, 15) is 0 Å². The number of hydrogen-bond donors (Lipinski definition) is 0. The lowest BCUT2D eigenvalue weighted by Gasteiger charge is -2.42. The van der Waals surface area contributed by atoms with Gasteiger partial charge in [-0.1, -0.05) is 127 Å². The molecule has 0 fully saturated rings. The monoisotopic (exact) mass is 919 g/mol. The highest BCUT2D eigenvalue weighted by Gasteiger charge is 2.37. The Hall–Kier alpha value is -9.32.